The fourth-order valence-electron chi connectivity index (χ4n) is 3.49. The van der Waals surface area contributed by atoms with Crippen molar-refractivity contribution >= 4 is 5.91 Å². The summed E-state index contributed by atoms with van der Waals surface area (Å²) in [5.74, 6) is 0.526. The van der Waals surface area contributed by atoms with E-state index in [1.807, 2.05) is 6.07 Å². The van der Waals surface area contributed by atoms with Gasteiger partial charge in [0.05, 0.1) is 25.5 Å². The highest BCUT2D eigenvalue weighted by Gasteiger charge is 2.25. The fourth-order valence-corrected chi connectivity index (χ4v) is 3.49. The quantitative estimate of drug-likeness (QED) is 0.707. The van der Waals surface area contributed by atoms with Crippen LogP contribution < -0.4 is 5.32 Å². The molecule has 28 heavy (non-hydrogen) atoms. The van der Waals surface area contributed by atoms with E-state index in [0.29, 0.717) is 31.3 Å². The van der Waals surface area contributed by atoms with Crippen molar-refractivity contribution in [1.29, 1.82) is 0 Å². The van der Waals surface area contributed by atoms with Gasteiger partial charge in [-0.3, -0.25) is 9.69 Å². The maximum Gasteiger partial charge on any atom is 0.274 e. The van der Waals surface area contributed by atoms with E-state index >= 15 is 0 Å². The smallest absolute Gasteiger partial charge is 0.274 e. The number of carbonyl (C=O) groups is 1. The number of furan rings is 1. The second-order valence-electron chi connectivity index (χ2n) is 6.80. The normalized spacial score (nSPS) is 16.0. The molecule has 3 heterocycles. The molecule has 146 valence electrons. The first-order chi connectivity index (χ1) is 13.7. The topological polar surface area (TPSA) is 80.7 Å². The number of carbonyl (C=O) groups excluding carboxylic acids is 1. The summed E-state index contributed by atoms with van der Waals surface area (Å²) in [6.45, 7) is 5.59. The van der Waals surface area contributed by atoms with E-state index in [0.717, 1.165) is 13.1 Å². The molecule has 2 aromatic heterocycles. The molecular weight excluding hydrogens is 358 g/mol. The van der Waals surface area contributed by atoms with Gasteiger partial charge in [0, 0.05) is 19.6 Å². The summed E-state index contributed by atoms with van der Waals surface area (Å²) >= 11 is 0. The van der Waals surface area contributed by atoms with Crippen molar-refractivity contribution in [3.63, 3.8) is 0 Å². The molecular formula is C21H23N3O4. The van der Waals surface area contributed by atoms with Crippen molar-refractivity contribution in [2.24, 2.45) is 0 Å². The minimum atomic E-state index is -0.286. The average Bonchev–Trinajstić information content (AvgIpc) is 3.40. The van der Waals surface area contributed by atoms with Crippen molar-refractivity contribution < 1.29 is 18.4 Å². The van der Waals surface area contributed by atoms with Crippen molar-refractivity contribution in [1.82, 2.24) is 15.2 Å². The lowest BCUT2D eigenvalue weighted by molar-refractivity contribution is 0.0162. The first kappa shape index (κ1) is 18.5. The molecule has 7 nitrogen and oxygen atoms in total. The molecule has 1 unspecified atom stereocenters. The standard InChI is InChI=1S/C21H23N3O4/c1-15-4-2-5-16(12-15)17(24-7-10-26-11-8-24)13-22-21(25)19-20(28-14-23-19)18-6-3-9-27-18/h2-6,9,12,14,17H,7-8,10-11,13H2,1H3,(H,22,25). The summed E-state index contributed by atoms with van der Waals surface area (Å²) in [6, 6.07) is 11.9. The molecule has 1 aliphatic heterocycles. The lowest BCUT2D eigenvalue weighted by Gasteiger charge is -2.35. The lowest BCUT2D eigenvalue weighted by atomic mass is 10.0. The number of morpholine rings is 1. The van der Waals surface area contributed by atoms with E-state index in [4.69, 9.17) is 13.6 Å². The van der Waals surface area contributed by atoms with Gasteiger partial charge in [0.2, 0.25) is 5.76 Å². The predicted molar refractivity (Wildman–Crippen MR) is 103 cm³/mol. The van der Waals surface area contributed by atoms with Crippen LogP contribution in [0.3, 0.4) is 0 Å². The van der Waals surface area contributed by atoms with Gasteiger partial charge in [-0.2, -0.15) is 0 Å². The average molecular weight is 381 g/mol. The van der Waals surface area contributed by atoms with Crippen LogP contribution in [-0.4, -0.2) is 48.6 Å². The van der Waals surface area contributed by atoms with Crippen LogP contribution in [0.1, 0.15) is 27.7 Å². The van der Waals surface area contributed by atoms with E-state index in [-0.39, 0.29) is 17.6 Å². The maximum atomic E-state index is 12.8. The molecule has 1 saturated heterocycles. The van der Waals surface area contributed by atoms with E-state index in [9.17, 15) is 4.79 Å². The Morgan fingerprint density at radius 2 is 2.07 bits per heavy atom. The predicted octanol–water partition coefficient (Wildman–Crippen LogP) is 3.05. The Bertz CT molecular complexity index is 913. The second-order valence-corrected chi connectivity index (χ2v) is 6.80. The van der Waals surface area contributed by atoms with Gasteiger partial charge in [-0.15, -0.1) is 0 Å². The number of hydrogen-bond acceptors (Lipinski definition) is 6. The molecule has 0 bridgehead atoms. The molecule has 0 saturated carbocycles. The molecule has 1 aromatic carbocycles. The van der Waals surface area contributed by atoms with Gasteiger partial charge in [0.25, 0.3) is 5.91 Å². The number of nitrogens with one attached hydrogen (secondary N) is 1. The van der Waals surface area contributed by atoms with Gasteiger partial charge in [-0.1, -0.05) is 29.8 Å². The first-order valence-electron chi connectivity index (χ1n) is 9.36. The molecule has 1 N–H and O–H groups in total. The van der Waals surface area contributed by atoms with Gasteiger partial charge < -0.3 is 18.9 Å². The molecule has 0 spiro atoms. The van der Waals surface area contributed by atoms with Gasteiger partial charge in [-0.25, -0.2) is 4.98 Å². The number of hydrogen-bond donors (Lipinski definition) is 1. The molecule has 1 amide bonds. The Morgan fingerprint density at radius 1 is 1.21 bits per heavy atom. The molecule has 1 atom stereocenters. The summed E-state index contributed by atoms with van der Waals surface area (Å²) in [6.07, 6.45) is 2.79. The van der Waals surface area contributed by atoms with Gasteiger partial charge in [0.1, 0.15) is 0 Å². The third kappa shape index (κ3) is 4.00. The monoisotopic (exact) mass is 381 g/mol. The summed E-state index contributed by atoms with van der Waals surface area (Å²) in [5.41, 5.74) is 2.59. The van der Waals surface area contributed by atoms with Crippen molar-refractivity contribution in [3.05, 3.63) is 65.9 Å². The summed E-state index contributed by atoms with van der Waals surface area (Å²) in [7, 11) is 0. The second kappa shape index (κ2) is 8.41. The van der Waals surface area contributed by atoms with E-state index < -0.39 is 0 Å². The van der Waals surface area contributed by atoms with E-state index in [1.165, 1.54) is 23.8 Å². The van der Waals surface area contributed by atoms with Crippen LogP contribution in [0.4, 0.5) is 0 Å². The van der Waals surface area contributed by atoms with E-state index in [2.05, 4.69) is 40.3 Å². The Hall–Kier alpha value is -2.90. The number of aromatic nitrogens is 1. The van der Waals surface area contributed by atoms with E-state index in [1.54, 1.807) is 12.1 Å². The number of amides is 1. The molecule has 1 fully saturated rings. The maximum absolute atomic E-state index is 12.8. The van der Waals surface area contributed by atoms with Crippen molar-refractivity contribution in [3.8, 4) is 11.5 Å². The molecule has 3 aromatic rings. The third-order valence-corrected chi connectivity index (χ3v) is 4.90. The zero-order chi connectivity index (χ0) is 19.3. The number of benzene rings is 1. The molecule has 7 heteroatoms. The summed E-state index contributed by atoms with van der Waals surface area (Å²) < 4.78 is 16.2. The van der Waals surface area contributed by atoms with Crippen molar-refractivity contribution in [2.45, 2.75) is 13.0 Å². The minimum absolute atomic E-state index is 0.0618. The van der Waals surface area contributed by atoms with Crippen LogP contribution in [0.2, 0.25) is 0 Å². The third-order valence-electron chi connectivity index (χ3n) is 4.90. The zero-order valence-electron chi connectivity index (χ0n) is 15.8. The van der Waals surface area contributed by atoms with Crippen LogP contribution in [-0.2, 0) is 4.74 Å². The van der Waals surface area contributed by atoms with Crippen LogP contribution >= 0.6 is 0 Å². The largest absolute Gasteiger partial charge is 0.461 e. The molecule has 1 aliphatic rings. The molecule has 0 radical (unpaired) electrons. The van der Waals surface area contributed by atoms with Gasteiger partial charge in [-0.05, 0) is 24.6 Å². The SMILES string of the molecule is Cc1cccc(C(CNC(=O)c2ncoc2-c2ccco2)N2CCOCC2)c1. The number of nitrogens with zero attached hydrogens (tertiary/aromatic N) is 2. The van der Waals surface area contributed by atoms with Gasteiger partial charge in [0.15, 0.2) is 17.8 Å². The number of ether oxygens (including phenoxy) is 1. The highest BCUT2D eigenvalue weighted by Crippen LogP contribution is 2.25. The highest BCUT2D eigenvalue weighted by atomic mass is 16.5. The minimum Gasteiger partial charge on any atom is -0.461 e. The molecule has 4 rings (SSSR count). The fraction of sp³-hybridized carbons (Fsp3) is 0.333. The Kier molecular flexibility index (Phi) is 5.55. The Labute approximate surface area is 163 Å². The number of aryl methyl sites for hydroxylation is 1. The zero-order valence-corrected chi connectivity index (χ0v) is 15.8. The summed E-state index contributed by atoms with van der Waals surface area (Å²) in [5, 5.41) is 3.02. The van der Waals surface area contributed by atoms with Crippen LogP contribution in [0.5, 0.6) is 0 Å². The number of oxazole rings is 1. The van der Waals surface area contributed by atoms with Crippen LogP contribution in [0.25, 0.3) is 11.5 Å². The highest BCUT2D eigenvalue weighted by molar-refractivity contribution is 5.97. The Balaban J connectivity index is 1.51. The van der Waals surface area contributed by atoms with Crippen LogP contribution in [0.15, 0.2) is 57.9 Å². The van der Waals surface area contributed by atoms with Crippen LogP contribution in [0, 0.1) is 6.92 Å². The van der Waals surface area contributed by atoms with Crippen molar-refractivity contribution in [2.75, 3.05) is 32.8 Å². The first-order valence-corrected chi connectivity index (χ1v) is 9.36. The Morgan fingerprint density at radius 3 is 2.82 bits per heavy atom. The number of rotatable bonds is 6. The lowest BCUT2D eigenvalue weighted by Crippen LogP contribution is -2.44. The molecule has 0 aliphatic carbocycles. The summed E-state index contributed by atoms with van der Waals surface area (Å²) in [4.78, 5) is 19.2. The van der Waals surface area contributed by atoms with Gasteiger partial charge >= 0.3 is 0 Å².